The molecule has 0 saturated heterocycles. The number of hydrogen-bond donors (Lipinski definition) is 0. The largest absolute Gasteiger partial charge is 0.454 e. The summed E-state index contributed by atoms with van der Waals surface area (Å²) in [5, 5.41) is 2.54. The third-order valence-electron chi connectivity index (χ3n) is 5.00. The molecule has 0 spiro atoms. The maximum atomic E-state index is 5.77. The Kier molecular flexibility index (Phi) is 3.91. The van der Waals surface area contributed by atoms with Crippen LogP contribution in [0.3, 0.4) is 0 Å². The predicted octanol–water partition coefficient (Wildman–Crippen LogP) is 6.48. The van der Waals surface area contributed by atoms with Crippen molar-refractivity contribution in [3.05, 3.63) is 59.7 Å². The van der Waals surface area contributed by atoms with Crippen LogP contribution in [0.5, 0.6) is 11.5 Å². The molecule has 0 saturated carbocycles. The second kappa shape index (κ2) is 6.11. The summed E-state index contributed by atoms with van der Waals surface area (Å²) in [7, 11) is 0. The minimum atomic E-state index is 0.301. The summed E-state index contributed by atoms with van der Waals surface area (Å²) in [6.07, 6.45) is 0. The molecule has 4 rings (SSSR count). The van der Waals surface area contributed by atoms with Crippen molar-refractivity contribution in [2.24, 2.45) is 0 Å². The minimum absolute atomic E-state index is 0.301. The summed E-state index contributed by atoms with van der Waals surface area (Å²) in [6.45, 7) is 9.17. The highest BCUT2D eigenvalue weighted by Crippen LogP contribution is 2.44. The molecular weight excluding hydrogens is 308 g/mol. The highest BCUT2D eigenvalue weighted by molar-refractivity contribution is 5.89. The van der Waals surface area contributed by atoms with Gasteiger partial charge >= 0.3 is 0 Å². The fourth-order valence-electron chi connectivity index (χ4n) is 3.37. The second-order valence-corrected chi connectivity index (χ2v) is 7.43. The number of ether oxygens (including phenoxy) is 2. The van der Waals surface area contributed by atoms with Crippen molar-refractivity contribution >= 4 is 10.8 Å². The lowest BCUT2D eigenvalue weighted by Gasteiger charge is -2.13. The standard InChI is InChI=1S/C23H24O2/c1-14(2)17-7-5-16-6-8-18(10-20(16)9-17)21-11-19(15(3)4)12-22-23(21)25-13-24-22/h5-12,14-15H,13H2,1-4H3. The van der Waals surface area contributed by atoms with E-state index in [4.69, 9.17) is 9.47 Å². The minimum Gasteiger partial charge on any atom is -0.454 e. The van der Waals surface area contributed by atoms with Crippen LogP contribution in [-0.4, -0.2) is 6.79 Å². The van der Waals surface area contributed by atoms with Crippen LogP contribution in [0.1, 0.15) is 50.7 Å². The van der Waals surface area contributed by atoms with Gasteiger partial charge in [-0.3, -0.25) is 0 Å². The molecule has 1 aliphatic heterocycles. The van der Waals surface area contributed by atoms with Crippen LogP contribution in [0.2, 0.25) is 0 Å². The van der Waals surface area contributed by atoms with Crippen molar-refractivity contribution in [2.45, 2.75) is 39.5 Å². The summed E-state index contributed by atoms with van der Waals surface area (Å²) < 4.78 is 11.4. The zero-order valence-corrected chi connectivity index (χ0v) is 15.3. The first-order valence-electron chi connectivity index (χ1n) is 9.00. The average Bonchev–Trinajstić information content (AvgIpc) is 3.08. The monoisotopic (exact) mass is 332 g/mol. The van der Waals surface area contributed by atoms with Crippen LogP contribution in [0.25, 0.3) is 21.9 Å². The fraction of sp³-hybridized carbons (Fsp3) is 0.304. The van der Waals surface area contributed by atoms with E-state index < -0.39 is 0 Å². The first kappa shape index (κ1) is 16.0. The van der Waals surface area contributed by atoms with Crippen LogP contribution < -0.4 is 9.47 Å². The quantitative estimate of drug-likeness (QED) is 0.546. The third kappa shape index (κ3) is 2.86. The van der Waals surface area contributed by atoms with Crippen molar-refractivity contribution in [1.82, 2.24) is 0 Å². The zero-order chi connectivity index (χ0) is 17.6. The molecule has 0 aromatic heterocycles. The van der Waals surface area contributed by atoms with Gasteiger partial charge in [0.25, 0.3) is 0 Å². The van der Waals surface area contributed by atoms with E-state index in [2.05, 4.69) is 76.2 Å². The molecule has 3 aromatic rings. The average molecular weight is 332 g/mol. The Morgan fingerprint density at radius 2 is 1.48 bits per heavy atom. The van der Waals surface area contributed by atoms with E-state index in [9.17, 15) is 0 Å². The maximum Gasteiger partial charge on any atom is 0.231 e. The van der Waals surface area contributed by atoms with Crippen molar-refractivity contribution in [3.63, 3.8) is 0 Å². The van der Waals surface area contributed by atoms with Gasteiger partial charge in [-0.05, 0) is 57.5 Å². The highest BCUT2D eigenvalue weighted by Gasteiger charge is 2.21. The lowest BCUT2D eigenvalue weighted by atomic mass is 9.93. The predicted molar refractivity (Wildman–Crippen MR) is 104 cm³/mol. The molecule has 1 heterocycles. The molecule has 1 aliphatic rings. The lowest BCUT2D eigenvalue weighted by Crippen LogP contribution is -1.93. The van der Waals surface area contributed by atoms with Gasteiger partial charge in [0.05, 0.1) is 0 Å². The molecule has 25 heavy (non-hydrogen) atoms. The third-order valence-corrected chi connectivity index (χ3v) is 5.00. The molecule has 0 aliphatic carbocycles. The number of benzene rings is 3. The van der Waals surface area contributed by atoms with E-state index in [1.807, 2.05) is 0 Å². The van der Waals surface area contributed by atoms with Crippen LogP contribution >= 0.6 is 0 Å². The van der Waals surface area contributed by atoms with Gasteiger partial charge < -0.3 is 9.47 Å². The molecule has 0 atom stereocenters. The van der Waals surface area contributed by atoms with Crippen molar-refractivity contribution in [1.29, 1.82) is 0 Å². The highest BCUT2D eigenvalue weighted by atomic mass is 16.7. The Bertz CT molecular complexity index is 938. The SMILES string of the molecule is CC(C)c1cc2c(c(-c3ccc4ccc(C(C)C)cc4c3)c1)OCO2. The molecule has 0 unspecified atom stereocenters. The molecule has 0 radical (unpaired) electrons. The van der Waals surface area contributed by atoms with E-state index in [1.165, 1.54) is 27.5 Å². The molecule has 2 heteroatoms. The van der Waals surface area contributed by atoms with Crippen molar-refractivity contribution < 1.29 is 9.47 Å². The lowest BCUT2D eigenvalue weighted by molar-refractivity contribution is 0.174. The van der Waals surface area contributed by atoms with Gasteiger partial charge in [-0.2, -0.15) is 0 Å². The zero-order valence-electron chi connectivity index (χ0n) is 15.3. The van der Waals surface area contributed by atoms with Gasteiger partial charge in [0.15, 0.2) is 11.5 Å². The van der Waals surface area contributed by atoms with Crippen LogP contribution in [0.15, 0.2) is 48.5 Å². The Morgan fingerprint density at radius 1 is 0.720 bits per heavy atom. The van der Waals surface area contributed by atoms with Gasteiger partial charge in [0.1, 0.15) is 0 Å². The number of fused-ring (bicyclic) bond motifs is 2. The second-order valence-electron chi connectivity index (χ2n) is 7.43. The van der Waals surface area contributed by atoms with Crippen molar-refractivity contribution in [2.75, 3.05) is 6.79 Å². The Morgan fingerprint density at radius 3 is 2.24 bits per heavy atom. The molecule has 0 fully saturated rings. The topological polar surface area (TPSA) is 18.5 Å². The fourth-order valence-corrected chi connectivity index (χ4v) is 3.37. The Balaban J connectivity index is 1.89. The first-order valence-corrected chi connectivity index (χ1v) is 9.00. The molecule has 0 amide bonds. The van der Waals surface area contributed by atoms with Gasteiger partial charge in [0.2, 0.25) is 6.79 Å². The molecule has 128 valence electrons. The summed E-state index contributed by atoms with van der Waals surface area (Å²) in [5.74, 6) is 2.69. The normalized spacial score (nSPS) is 13.2. The number of rotatable bonds is 3. The van der Waals surface area contributed by atoms with E-state index in [0.29, 0.717) is 18.6 Å². The van der Waals surface area contributed by atoms with Gasteiger partial charge in [-0.1, -0.05) is 58.0 Å². The van der Waals surface area contributed by atoms with Crippen LogP contribution in [-0.2, 0) is 0 Å². The summed E-state index contributed by atoms with van der Waals surface area (Å²) in [4.78, 5) is 0. The van der Waals surface area contributed by atoms with Gasteiger partial charge in [-0.25, -0.2) is 0 Å². The van der Waals surface area contributed by atoms with Crippen LogP contribution in [0, 0.1) is 0 Å². The van der Waals surface area contributed by atoms with Gasteiger partial charge in [-0.15, -0.1) is 0 Å². The summed E-state index contributed by atoms with van der Waals surface area (Å²) in [6, 6.07) is 17.7. The summed E-state index contributed by atoms with van der Waals surface area (Å²) >= 11 is 0. The van der Waals surface area contributed by atoms with Gasteiger partial charge in [0, 0.05) is 5.56 Å². The smallest absolute Gasteiger partial charge is 0.231 e. The summed E-state index contributed by atoms with van der Waals surface area (Å²) in [5.41, 5.74) is 4.94. The van der Waals surface area contributed by atoms with E-state index >= 15 is 0 Å². The number of hydrogen-bond acceptors (Lipinski definition) is 2. The van der Waals surface area contributed by atoms with E-state index in [-0.39, 0.29) is 0 Å². The first-order chi connectivity index (χ1) is 12.0. The van der Waals surface area contributed by atoms with E-state index in [1.54, 1.807) is 0 Å². The molecule has 0 bridgehead atoms. The molecular formula is C23H24O2. The molecule has 2 nitrogen and oxygen atoms in total. The molecule has 0 N–H and O–H groups in total. The maximum absolute atomic E-state index is 5.77. The van der Waals surface area contributed by atoms with E-state index in [0.717, 1.165) is 17.1 Å². The van der Waals surface area contributed by atoms with Crippen LogP contribution in [0.4, 0.5) is 0 Å². The molecule has 3 aromatic carbocycles. The Hall–Kier alpha value is -2.48. The van der Waals surface area contributed by atoms with Crippen molar-refractivity contribution in [3.8, 4) is 22.6 Å². The Labute approximate surface area is 149 Å².